The van der Waals surface area contributed by atoms with Crippen molar-refractivity contribution in [3.8, 4) is 0 Å². The first-order valence-corrected chi connectivity index (χ1v) is 5.24. The SMILES string of the molecule is NNC(=O)Cn1ccc2cc(Br)ccc21. The van der Waals surface area contributed by atoms with Gasteiger partial charge >= 0.3 is 0 Å². The van der Waals surface area contributed by atoms with Gasteiger partial charge in [-0.05, 0) is 24.3 Å². The van der Waals surface area contributed by atoms with E-state index in [1.165, 1.54) is 0 Å². The van der Waals surface area contributed by atoms with Crippen LogP contribution in [-0.4, -0.2) is 10.5 Å². The molecule has 0 fully saturated rings. The van der Waals surface area contributed by atoms with Gasteiger partial charge in [0.25, 0.3) is 5.91 Å². The van der Waals surface area contributed by atoms with Crippen LogP contribution in [0.3, 0.4) is 0 Å². The Morgan fingerprint density at radius 2 is 2.27 bits per heavy atom. The molecule has 0 aliphatic carbocycles. The van der Waals surface area contributed by atoms with Gasteiger partial charge < -0.3 is 4.57 Å². The second-order valence-corrected chi connectivity index (χ2v) is 4.13. The Hall–Kier alpha value is -1.33. The number of carbonyl (C=O) groups is 1. The van der Waals surface area contributed by atoms with E-state index < -0.39 is 0 Å². The largest absolute Gasteiger partial charge is 0.338 e. The number of halogens is 1. The number of carbonyl (C=O) groups excluding carboxylic acids is 1. The predicted octanol–water partition coefficient (Wildman–Crippen LogP) is 1.39. The number of hydrogen-bond acceptors (Lipinski definition) is 2. The van der Waals surface area contributed by atoms with Gasteiger partial charge in [-0.3, -0.25) is 10.2 Å². The molecule has 1 aromatic carbocycles. The van der Waals surface area contributed by atoms with Crippen LogP contribution in [0.15, 0.2) is 34.9 Å². The average Bonchev–Trinajstić information content (AvgIpc) is 2.60. The molecule has 0 bridgehead atoms. The van der Waals surface area contributed by atoms with Crippen molar-refractivity contribution in [2.75, 3.05) is 0 Å². The second-order valence-electron chi connectivity index (χ2n) is 3.21. The second kappa shape index (κ2) is 4.04. The maximum atomic E-state index is 11.1. The number of hydrazine groups is 1. The molecule has 1 amide bonds. The third-order valence-electron chi connectivity index (χ3n) is 2.21. The van der Waals surface area contributed by atoms with Crippen LogP contribution in [0, 0.1) is 0 Å². The molecule has 1 aromatic heterocycles. The van der Waals surface area contributed by atoms with E-state index in [4.69, 9.17) is 5.84 Å². The summed E-state index contributed by atoms with van der Waals surface area (Å²) in [7, 11) is 0. The molecule has 0 unspecified atom stereocenters. The van der Waals surface area contributed by atoms with Gasteiger partial charge in [-0.1, -0.05) is 15.9 Å². The molecular weight excluding hydrogens is 258 g/mol. The molecular formula is C10H10BrN3O. The molecule has 78 valence electrons. The van der Waals surface area contributed by atoms with Crippen molar-refractivity contribution in [3.63, 3.8) is 0 Å². The zero-order valence-corrected chi connectivity index (χ0v) is 9.49. The van der Waals surface area contributed by atoms with Crippen LogP contribution in [0.4, 0.5) is 0 Å². The van der Waals surface area contributed by atoms with E-state index >= 15 is 0 Å². The summed E-state index contributed by atoms with van der Waals surface area (Å²) < 4.78 is 2.88. The number of hydrogen-bond donors (Lipinski definition) is 2. The lowest BCUT2D eigenvalue weighted by molar-refractivity contribution is -0.121. The van der Waals surface area contributed by atoms with Gasteiger partial charge in [0.15, 0.2) is 0 Å². The van der Waals surface area contributed by atoms with Crippen LogP contribution in [0.2, 0.25) is 0 Å². The molecule has 0 aliphatic rings. The Kier molecular flexibility index (Phi) is 2.75. The van der Waals surface area contributed by atoms with Crippen molar-refractivity contribution in [2.24, 2.45) is 5.84 Å². The van der Waals surface area contributed by atoms with E-state index in [1.54, 1.807) is 0 Å². The minimum Gasteiger partial charge on any atom is -0.338 e. The first kappa shape index (κ1) is 10.2. The molecule has 2 rings (SSSR count). The first-order valence-electron chi connectivity index (χ1n) is 4.44. The standard InChI is InChI=1S/C10H10BrN3O/c11-8-1-2-9-7(5-8)3-4-14(9)6-10(15)13-12/h1-5H,6,12H2,(H,13,15). The number of nitrogens with one attached hydrogen (secondary N) is 1. The van der Waals surface area contributed by atoms with Crippen LogP contribution in [-0.2, 0) is 11.3 Å². The minimum atomic E-state index is -0.213. The monoisotopic (exact) mass is 267 g/mol. The molecule has 0 saturated heterocycles. The summed E-state index contributed by atoms with van der Waals surface area (Å²) in [6, 6.07) is 7.87. The highest BCUT2D eigenvalue weighted by Gasteiger charge is 2.04. The smallest absolute Gasteiger partial charge is 0.253 e. The number of aromatic nitrogens is 1. The average molecular weight is 268 g/mol. The summed E-state index contributed by atoms with van der Waals surface area (Å²) in [5, 5.41) is 1.09. The van der Waals surface area contributed by atoms with Gasteiger partial charge in [0.05, 0.1) is 0 Å². The van der Waals surface area contributed by atoms with Gasteiger partial charge in [-0.25, -0.2) is 5.84 Å². The predicted molar refractivity (Wildman–Crippen MR) is 62.0 cm³/mol. The zero-order valence-electron chi connectivity index (χ0n) is 7.90. The molecule has 0 saturated carbocycles. The normalized spacial score (nSPS) is 10.5. The summed E-state index contributed by atoms with van der Waals surface area (Å²) >= 11 is 3.40. The molecule has 4 nitrogen and oxygen atoms in total. The van der Waals surface area contributed by atoms with Crippen LogP contribution in [0.1, 0.15) is 0 Å². The third kappa shape index (κ3) is 2.03. The number of benzene rings is 1. The molecule has 1 heterocycles. The van der Waals surface area contributed by atoms with Crippen molar-refractivity contribution in [3.05, 3.63) is 34.9 Å². The Labute approximate surface area is 95.2 Å². The molecule has 0 atom stereocenters. The van der Waals surface area contributed by atoms with E-state index in [0.29, 0.717) is 0 Å². The maximum Gasteiger partial charge on any atom is 0.253 e. The summed E-state index contributed by atoms with van der Waals surface area (Å²) in [5.41, 5.74) is 3.13. The number of fused-ring (bicyclic) bond motifs is 1. The van der Waals surface area contributed by atoms with E-state index in [1.807, 2.05) is 35.0 Å². The minimum absolute atomic E-state index is 0.213. The van der Waals surface area contributed by atoms with Gasteiger partial charge in [-0.15, -0.1) is 0 Å². The van der Waals surface area contributed by atoms with Crippen LogP contribution in [0.5, 0.6) is 0 Å². The quantitative estimate of drug-likeness (QED) is 0.491. The molecule has 2 aromatic rings. The Morgan fingerprint density at radius 1 is 1.47 bits per heavy atom. The number of nitrogens with two attached hydrogens (primary N) is 1. The van der Waals surface area contributed by atoms with E-state index in [2.05, 4.69) is 21.4 Å². The Balaban J connectivity index is 2.41. The molecule has 15 heavy (non-hydrogen) atoms. The van der Waals surface area contributed by atoms with Gasteiger partial charge in [0.2, 0.25) is 0 Å². The van der Waals surface area contributed by atoms with Crippen molar-refractivity contribution < 1.29 is 4.79 Å². The summed E-state index contributed by atoms with van der Waals surface area (Å²) in [6.45, 7) is 0.238. The fourth-order valence-electron chi connectivity index (χ4n) is 1.51. The van der Waals surface area contributed by atoms with E-state index in [9.17, 15) is 4.79 Å². The lowest BCUT2D eigenvalue weighted by Gasteiger charge is -2.03. The number of rotatable bonds is 2. The summed E-state index contributed by atoms with van der Waals surface area (Å²) in [4.78, 5) is 11.1. The van der Waals surface area contributed by atoms with Crippen molar-refractivity contribution >= 4 is 32.7 Å². The molecule has 3 N–H and O–H groups in total. The third-order valence-corrected chi connectivity index (χ3v) is 2.70. The van der Waals surface area contributed by atoms with Gasteiger partial charge in [0.1, 0.15) is 6.54 Å². The van der Waals surface area contributed by atoms with Gasteiger partial charge in [-0.2, -0.15) is 0 Å². The molecule has 0 radical (unpaired) electrons. The molecule has 0 aliphatic heterocycles. The topological polar surface area (TPSA) is 60.0 Å². The van der Waals surface area contributed by atoms with E-state index in [-0.39, 0.29) is 12.5 Å². The summed E-state index contributed by atoms with van der Waals surface area (Å²) in [5.74, 6) is 4.82. The van der Waals surface area contributed by atoms with Crippen LogP contribution < -0.4 is 11.3 Å². The van der Waals surface area contributed by atoms with Crippen molar-refractivity contribution in [1.29, 1.82) is 0 Å². The Bertz CT molecular complexity index is 506. The highest BCUT2D eigenvalue weighted by atomic mass is 79.9. The fraction of sp³-hybridized carbons (Fsp3) is 0.100. The first-order chi connectivity index (χ1) is 7.20. The lowest BCUT2D eigenvalue weighted by Crippen LogP contribution is -2.33. The Morgan fingerprint density at radius 3 is 3.00 bits per heavy atom. The van der Waals surface area contributed by atoms with Crippen LogP contribution >= 0.6 is 15.9 Å². The van der Waals surface area contributed by atoms with Gasteiger partial charge in [0, 0.05) is 21.6 Å². The summed E-state index contributed by atoms with van der Waals surface area (Å²) in [6.07, 6.45) is 1.87. The highest BCUT2D eigenvalue weighted by molar-refractivity contribution is 9.10. The molecule has 0 spiro atoms. The van der Waals surface area contributed by atoms with E-state index in [0.717, 1.165) is 15.4 Å². The number of nitrogens with zero attached hydrogens (tertiary/aromatic N) is 1. The maximum absolute atomic E-state index is 11.1. The molecule has 5 heteroatoms. The van der Waals surface area contributed by atoms with Crippen LogP contribution in [0.25, 0.3) is 10.9 Å². The lowest BCUT2D eigenvalue weighted by atomic mass is 10.2. The van der Waals surface area contributed by atoms with Crippen molar-refractivity contribution in [1.82, 2.24) is 9.99 Å². The zero-order chi connectivity index (χ0) is 10.8. The van der Waals surface area contributed by atoms with Crippen molar-refractivity contribution in [2.45, 2.75) is 6.54 Å². The number of amides is 1. The highest BCUT2D eigenvalue weighted by Crippen LogP contribution is 2.20. The fourth-order valence-corrected chi connectivity index (χ4v) is 1.89.